The SMILES string of the molecule is CCOCCCNc1cc(N)c(C(C)=O)s1. The van der Waals surface area contributed by atoms with Crippen LogP contribution in [-0.2, 0) is 4.74 Å². The Morgan fingerprint density at radius 1 is 1.62 bits per heavy atom. The summed E-state index contributed by atoms with van der Waals surface area (Å²) in [6, 6.07) is 1.81. The first-order valence-electron chi connectivity index (χ1n) is 5.37. The van der Waals surface area contributed by atoms with Crippen LogP contribution in [0.4, 0.5) is 10.7 Å². The molecule has 4 nitrogen and oxygen atoms in total. The van der Waals surface area contributed by atoms with Gasteiger partial charge in [-0.3, -0.25) is 4.79 Å². The van der Waals surface area contributed by atoms with Crippen LogP contribution in [0.25, 0.3) is 0 Å². The summed E-state index contributed by atoms with van der Waals surface area (Å²) >= 11 is 1.40. The van der Waals surface area contributed by atoms with Crippen LogP contribution in [0.3, 0.4) is 0 Å². The second-order valence-electron chi connectivity index (χ2n) is 3.43. The van der Waals surface area contributed by atoms with Crippen molar-refractivity contribution in [2.75, 3.05) is 30.8 Å². The van der Waals surface area contributed by atoms with E-state index < -0.39 is 0 Å². The molecule has 0 unspecified atom stereocenters. The summed E-state index contributed by atoms with van der Waals surface area (Å²) in [5.74, 6) is 0.0184. The number of hydrogen-bond donors (Lipinski definition) is 2. The van der Waals surface area contributed by atoms with Gasteiger partial charge in [0.15, 0.2) is 5.78 Å². The Morgan fingerprint density at radius 3 is 2.94 bits per heavy atom. The normalized spacial score (nSPS) is 10.4. The van der Waals surface area contributed by atoms with Crippen molar-refractivity contribution in [2.24, 2.45) is 0 Å². The Hall–Kier alpha value is -1.07. The molecule has 0 aliphatic rings. The third-order valence-electron chi connectivity index (χ3n) is 2.05. The Morgan fingerprint density at radius 2 is 2.38 bits per heavy atom. The van der Waals surface area contributed by atoms with E-state index >= 15 is 0 Å². The lowest BCUT2D eigenvalue weighted by Gasteiger charge is -2.02. The molecular formula is C11H18N2O2S. The van der Waals surface area contributed by atoms with Gasteiger partial charge >= 0.3 is 0 Å². The highest BCUT2D eigenvalue weighted by molar-refractivity contribution is 7.18. The lowest BCUT2D eigenvalue weighted by molar-refractivity contribution is 0.102. The second kappa shape index (κ2) is 6.50. The average Bonchev–Trinajstić information content (AvgIpc) is 2.59. The summed E-state index contributed by atoms with van der Waals surface area (Å²) in [4.78, 5) is 11.8. The van der Waals surface area contributed by atoms with Gasteiger partial charge in [0.25, 0.3) is 0 Å². The van der Waals surface area contributed by atoms with Crippen molar-refractivity contribution in [3.05, 3.63) is 10.9 Å². The average molecular weight is 242 g/mol. The molecule has 1 aromatic heterocycles. The molecule has 0 bridgehead atoms. The zero-order valence-electron chi connectivity index (χ0n) is 9.71. The largest absolute Gasteiger partial charge is 0.397 e. The minimum absolute atomic E-state index is 0.0184. The van der Waals surface area contributed by atoms with Crippen LogP contribution in [0.5, 0.6) is 0 Å². The molecule has 0 aliphatic heterocycles. The van der Waals surface area contributed by atoms with Gasteiger partial charge in [0, 0.05) is 26.7 Å². The molecule has 5 heteroatoms. The Kier molecular flexibility index (Phi) is 5.28. The molecule has 0 amide bonds. The van der Waals surface area contributed by atoms with Crippen molar-refractivity contribution in [3.8, 4) is 0 Å². The van der Waals surface area contributed by atoms with Gasteiger partial charge in [0.05, 0.1) is 15.6 Å². The Labute approximate surface area is 99.8 Å². The number of nitrogens with one attached hydrogen (secondary N) is 1. The van der Waals surface area contributed by atoms with Gasteiger partial charge in [-0.2, -0.15) is 0 Å². The molecule has 0 spiro atoms. The predicted octanol–water partition coefficient (Wildman–Crippen LogP) is 2.37. The van der Waals surface area contributed by atoms with Crippen LogP contribution in [0.15, 0.2) is 6.07 Å². The molecule has 3 N–H and O–H groups in total. The van der Waals surface area contributed by atoms with Gasteiger partial charge in [0.2, 0.25) is 0 Å². The number of hydrogen-bond acceptors (Lipinski definition) is 5. The maximum atomic E-state index is 11.2. The highest BCUT2D eigenvalue weighted by atomic mass is 32.1. The molecule has 90 valence electrons. The van der Waals surface area contributed by atoms with Gasteiger partial charge in [-0.25, -0.2) is 0 Å². The Balaban J connectivity index is 2.37. The van der Waals surface area contributed by atoms with Gasteiger partial charge in [0.1, 0.15) is 0 Å². The third kappa shape index (κ3) is 3.83. The van der Waals surface area contributed by atoms with E-state index in [1.165, 1.54) is 18.3 Å². The number of carbonyl (C=O) groups excluding carboxylic acids is 1. The molecule has 0 aliphatic carbocycles. The number of thiophene rings is 1. The summed E-state index contributed by atoms with van der Waals surface area (Å²) in [6.45, 7) is 5.84. The van der Waals surface area contributed by atoms with E-state index in [0.29, 0.717) is 10.6 Å². The first-order chi connectivity index (χ1) is 7.65. The minimum Gasteiger partial charge on any atom is -0.397 e. The second-order valence-corrected chi connectivity index (χ2v) is 4.48. The summed E-state index contributed by atoms with van der Waals surface area (Å²) in [6.07, 6.45) is 0.945. The van der Waals surface area contributed by atoms with E-state index in [9.17, 15) is 4.79 Å². The van der Waals surface area contributed by atoms with Crippen molar-refractivity contribution in [3.63, 3.8) is 0 Å². The van der Waals surface area contributed by atoms with E-state index in [1.54, 1.807) is 0 Å². The van der Waals surface area contributed by atoms with Crippen LogP contribution >= 0.6 is 11.3 Å². The fraction of sp³-hybridized carbons (Fsp3) is 0.545. The Bertz CT molecular complexity index is 350. The first-order valence-corrected chi connectivity index (χ1v) is 6.18. The maximum Gasteiger partial charge on any atom is 0.171 e. The molecule has 0 saturated carbocycles. The lowest BCUT2D eigenvalue weighted by atomic mass is 10.3. The lowest BCUT2D eigenvalue weighted by Crippen LogP contribution is -2.04. The van der Waals surface area contributed by atoms with Crippen LogP contribution in [-0.4, -0.2) is 25.5 Å². The fourth-order valence-electron chi connectivity index (χ4n) is 1.30. The number of nitrogens with two attached hydrogens (primary N) is 1. The number of ketones is 1. The summed E-state index contributed by atoms with van der Waals surface area (Å²) < 4.78 is 5.22. The molecule has 0 radical (unpaired) electrons. The number of carbonyl (C=O) groups is 1. The van der Waals surface area contributed by atoms with Crippen molar-refractivity contribution < 1.29 is 9.53 Å². The molecule has 1 rings (SSSR count). The molecular weight excluding hydrogens is 224 g/mol. The van der Waals surface area contributed by atoms with Crippen molar-refractivity contribution in [1.82, 2.24) is 0 Å². The van der Waals surface area contributed by atoms with Gasteiger partial charge in [-0.1, -0.05) is 0 Å². The van der Waals surface area contributed by atoms with Crippen molar-refractivity contribution >= 4 is 27.8 Å². The summed E-state index contributed by atoms with van der Waals surface area (Å²) in [5.41, 5.74) is 6.28. The number of Topliss-reactive ketones (excluding diaryl/α,β-unsaturated/α-hetero) is 1. The summed E-state index contributed by atoms with van der Waals surface area (Å²) in [7, 11) is 0. The highest BCUT2D eigenvalue weighted by Gasteiger charge is 2.09. The topological polar surface area (TPSA) is 64.3 Å². The molecule has 0 atom stereocenters. The standard InChI is InChI=1S/C11H18N2O2S/c1-3-15-6-4-5-13-10-7-9(12)11(16-10)8(2)14/h7,13H,3-6,12H2,1-2H3. The van der Waals surface area contributed by atoms with Crippen molar-refractivity contribution in [1.29, 1.82) is 0 Å². The van der Waals surface area contributed by atoms with Gasteiger partial charge in [-0.15, -0.1) is 11.3 Å². The molecule has 16 heavy (non-hydrogen) atoms. The van der Waals surface area contributed by atoms with Crippen LogP contribution in [0, 0.1) is 0 Å². The number of ether oxygens (including phenoxy) is 1. The number of nitrogen functional groups attached to an aromatic ring is 1. The van der Waals surface area contributed by atoms with Gasteiger partial charge in [-0.05, 0) is 19.4 Å². The summed E-state index contributed by atoms with van der Waals surface area (Å²) in [5, 5.41) is 4.17. The minimum atomic E-state index is 0.0184. The van der Waals surface area contributed by atoms with Gasteiger partial charge < -0.3 is 15.8 Å². The molecule has 0 fully saturated rings. The third-order valence-corrected chi connectivity index (χ3v) is 3.26. The smallest absolute Gasteiger partial charge is 0.171 e. The fourth-order valence-corrected chi connectivity index (χ4v) is 2.20. The van der Waals surface area contributed by atoms with E-state index in [0.717, 1.165) is 31.2 Å². The van der Waals surface area contributed by atoms with E-state index in [-0.39, 0.29) is 5.78 Å². The van der Waals surface area contributed by atoms with E-state index in [4.69, 9.17) is 10.5 Å². The zero-order chi connectivity index (χ0) is 12.0. The van der Waals surface area contributed by atoms with E-state index in [2.05, 4.69) is 5.32 Å². The molecule has 1 heterocycles. The van der Waals surface area contributed by atoms with Crippen LogP contribution in [0.1, 0.15) is 29.9 Å². The monoisotopic (exact) mass is 242 g/mol. The predicted molar refractivity (Wildman–Crippen MR) is 68.3 cm³/mol. The van der Waals surface area contributed by atoms with Crippen LogP contribution < -0.4 is 11.1 Å². The van der Waals surface area contributed by atoms with Crippen molar-refractivity contribution in [2.45, 2.75) is 20.3 Å². The highest BCUT2D eigenvalue weighted by Crippen LogP contribution is 2.29. The van der Waals surface area contributed by atoms with Crippen LogP contribution in [0.2, 0.25) is 0 Å². The number of anilines is 2. The first kappa shape index (κ1) is 13.0. The molecule has 1 aromatic rings. The van der Waals surface area contributed by atoms with E-state index in [1.807, 2.05) is 13.0 Å². The molecule has 0 aromatic carbocycles. The number of rotatable bonds is 7. The maximum absolute atomic E-state index is 11.2. The zero-order valence-corrected chi connectivity index (χ0v) is 10.5. The quantitative estimate of drug-likeness (QED) is 0.569. The molecule has 0 saturated heterocycles.